The number of nitro groups is 1. The van der Waals surface area contributed by atoms with Gasteiger partial charge in [-0.05, 0) is 19.9 Å². The van der Waals surface area contributed by atoms with Crippen LogP contribution in [-0.4, -0.2) is 30.1 Å². The largest absolute Gasteiger partial charge is 0.366 e. The summed E-state index contributed by atoms with van der Waals surface area (Å²) in [5, 5.41) is 14.1. The Hall–Kier alpha value is -1.62. The summed E-state index contributed by atoms with van der Waals surface area (Å²) in [4.78, 5) is 12.6. The number of nitro benzene ring substituents is 1. The molecule has 0 bridgehead atoms. The summed E-state index contributed by atoms with van der Waals surface area (Å²) in [7, 11) is 0. The monoisotopic (exact) mass is 235 g/mol. The number of anilines is 1. The Bertz CT molecular complexity index is 422. The molecular weight excluding hydrogens is 218 g/mol. The summed E-state index contributed by atoms with van der Waals surface area (Å²) in [6.45, 7) is 6.03. The highest BCUT2D eigenvalue weighted by Crippen LogP contribution is 2.24. The number of hydrogen-bond acceptors (Lipinski definition) is 4. The topological polar surface area (TPSA) is 58.4 Å². The quantitative estimate of drug-likeness (QED) is 0.627. The number of piperazine rings is 1. The van der Waals surface area contributed by atoms with Gasteiger partial charge in [0, 0.05) is 43.0 Å². The molecule has 1 aliphatic heterocycles. The molecule has 2 rings (SSSR count). The van der Waals surface area contributed by atoms with Crippen LogP contribution >= 0.6 is 0 Å². The van der Waals surface area contributed by atoms with Crippen molar-refractivity contribution in [2.75, 3.05) is 18.0 Å². The Kier molecular flexibility index (Phi) is 3.28. The molecule has 92 valence electrons. The third-order valence-electron chi connectivity index (χ3n) is 3.14. The van der Waals surface area contributed by atoms with Gasteiger partial charge in [0.05, 0.1) is 4.92 Å². The second kappa shape index (κ2) is 4.71. The summed E-state index contributed by atoms with van der Waals surface area (Å²) in [5.41, 5.74) is 1.08. The van der Waals surface area contributed by atoms with Crippen molar-refractivity contribution in [3.05, 3.63) is 34.4 Å². The van der Waals surface area contributed by atoms with Crippen LogP contribution < -0.4 is 10.2 Å². The zero-order valence-corrected chi connectivity index (χ0v) is 10.1. The number of benzene rings is 1. The Balaban J connectivity index is 2.26. The van der Waals surface area contributed by atoms with E-state index in [-0.39, 0.29) is 10.6 Å². The fraction of sp³-hybridized carbons (Fsp3) is 0.500. The lowest BCUT2D eigenvalue weighted by molar-refractivity contribution is -0.384. The summed E-state index contributed by atoms with van der Waals surface area (Å²) in [6, 6.07) is 7.61. The van der Waals surface area contributed by atoms with E-state index in [1.54, 1.807) is 12.1 Å². The first-order valence-corrected chi connectivity index (χ1v) is 5.82. The third kappa shape index (κ3) is 2.55. The Morgan fingerprint density at radius 3 is 2.94 bits per heavy atom. The standard InChI is InChI=1S/C12H17N3O2/c1-9-8-14(10(2)7-13-9)11-4-3-5-12(6-11)15(16)17/h3-6,9-10,13H,7-8H2,1-2H3. The van der Waals surface area contributed by atoms with E-state index in [4.69, 9.17) is 0 Å². The molecule has 5 heteroatoms. The van der Waals surface area contributed by atoms with Crippen LogP contribution in [0, 0.1) is 10.1 Å². The fourth-order valence-corrected chi connectivity index (χ4v) is 2.17. The highest BCUT2D eigenvalue weighted by Gasteiger charge is 2.23. The zero-order chi connectivity index (χ0) is 12.4. The maximum atomic E-state index is 10.8. The van der Waals surface area contributed by atoms with Gasteiger partial charge in [0.1, 0.15) is 0 Å². The van der Waals surface area contributed by atoms with E-state index in [1.165, 1.54) is 6.07 Å². The summed E-state index contributed by atoms with van der Waals surface area (Å²) in [6.07, 6.45) is 0. The molecule has 0 amide bonds. The molecule has 0 saturated carbocycles. The van der Waals surface area contributed by atoms with Gasteiger partial charge in [-0.25, -0.2) is 0 Å². The minimum atomic E-state index is -0.347. The molecule has 2 unspecified atom stereocenters. The van der Waals surface area contributed by atoms with Gasteiger partial charge in [-0.15, -0.1) is 0 Å². The van der Waals surface area contributed by atoms with Crippen LogP contribution in [0.5, 0.6) is 0 Å². The van der Waals surface area contributed by atoms with Gasteiger partial charge in [-0.1, -0.05) is 6.07 Å². The maximum absolute atomic E-state index is 10.8. The predicted molar refractivity (Wildman–Crippen MR) is 67.4 cm³/mol. The normalized spacial score (nSPS) is 24.7. The van der Waals surface area contributed by atoms with Crippen LogP contribution in [0.25, 0.3) is 0 Å². The molecular formula is C12H17N3O2. The van der Waals surface area contributed by atoms with Gasteiger partial charge >= 0.3 is 0 Å². The van der Waals surface area contributed by atoms with Crippen molar-refractivity contribution in [1.82, 2.24) is 5.32 Å². The average molecular weight is 235 g/mol. The van der Waals surface area contributed by atoms with E-state index < -0.39 is 0 Å². The summed E-state index contributed by atoms with van der Waals surface area (Å²) >= 11 is 0. The van der Waals surface area contributed by atoms with Crippen molar-refractivity contribution >= 4 is 11.4 Å². The molecule has 2 atom stereocenters. The first-order valence-electron chi connectivity index (χ1n) is 5.82. The number of nitrogens with zero attached hydrogens (tertiary/aromatic N) is 2. The maximum Gasteiger partial charge on any atom is 0.271 e. The highest BCUT2D eigenvalue weighted by atomic mass is 16.6. The van der Waals surface area contributed by atoms with Crippen LogP contribution in [0.1, 0.15) is 13.8 Å². The van der Waals surface area contributed by atoms with E-state index in [0.717, 1.165) is 18.8 Å². The van der Waals surface area contributed by atoms with Gasteiger partial charge in [0.15, 0.2) is 0 Å². The molecule has 1 aromatic rings. The lowest BCUT2D eigenvalue weighted by Gasteiger charge is -2.39. The first kappa shape index (κ1) is 11.9. The third-order valence-corrected chi connectivity index (χ3v) is 3.14. The van der Waals surface area contributed by atoms with E-state index >= 15 is 0 Å². The molecule has 1 heterocycles. The Morgan fingerprint density at radius 2 is 2.24 bits per heavy atom. The van der Waals surface area contributed by atoms with Crippen molar-refractivity contribution in [1.29, 1.82) is 0 Å². The van der Waals surface area contributed by atoms with Crippen molar-refractivity contribution in [3.8, 4) is 0 Å². The SMILES string of the molecule is CC1CN(c2cccc([N+](=O)[O-])c2)C(C)CN1. The summed E-state index contributed by atoms with van der Waals surface area (Å²) in [5.74, 6) is 0. The highest BCUT2D eigenvalue weighted by molar-refractivity contribution is 5.54. The van der Waals surface area contributed by atoms with Crippen molar-refractivity contribution in [2.24, 2.45) is 0 Å². The van der Waals surface area contributed by atoms with Crippen LogP contribution in [0.3, 0.4) is 0 Å². The first-order chi connectivity index (χ1) is 8.08. The summed E-state index contributed by atoms with van der Waals surface area (Å²) < 4.78 is 0. The molecule has 0 radical (unpaired) electrons. The predicted octanol–water partition coefficient (Wildman–Crippen LogP) is 1.78. The van der Waals surface area contributed by atoms with Gasteiger partial charge in [-0.3, -0.25) is 10.1 Å². The lowest BCUT2D eigenvalue weighted by Crippen LogP contribution is -2.54. The molecule has 1 saturated heterocycles. The second-order valence-corrected chi connectivity index (χ2v) is 4.59. The smallest absolute Gasteiger partial charge is 0.271 e. The van der Waals surface area contributed by atoms with E-state index in [1.807, 2.05) is 6.07 Å². The minimum Gasteiger partial charge on any atom is -0.366 e. The molecule has 0 aromatic heterocycles. The van der Waals surface area contributed by atoms with Gasteiger partial charge < -0.3 is 10.2 Å². The fourth-order valence-electron chi connectivity index (χ4n) is 2.17. The molecule has 0 spiro atoms. The van der Waals surface area contributed by atoms with Crippen LogP contribution in [0.15, 0.2) is 24.3 Å². The van der Waals surface area contributed by atoms with Crippen LogP contribution in [-0.2, 0) is 0 Å². The van der Waals surface area contributed by atoms with Crippen molar-refractivity contribution in [2.45, 2.75) is 25.9 Å². The average Bonchev–Trinajstić information content (AvgIpc) is 2.32. The molecule has 1 N–H and O–H groups in total. The van der Waals surface area contributed by atoms with Crippen molar-refractivity contribution < 1.29 is 4.92 Å². The lowest BCUT2D eigenvalue weighted by atomic mass is 10.1. The molecule has 5 nitrogen and oxygen atoms in total. The van der Waals surface area contributed by atoms with Gasteiger partial charge in [0.25, 0.3) is 5.69 Å². The molecule has 1 aromatic carbocycles. The Labute approximate surface area is 101 Å². The van der Waals surface area contributed by atoms with Crippen LogP contribution in [0.4, 0.5) is 11.4 Å². The van der Waals surface area contributed by atoms with E-state index in [0.29, 0.717) is 12.1 Å². The molecule has 17 heavy (non-hydrogen) atoms. The number of non-ortho nitro benzene ring substituents is 1. The van der Waals surface area contributed by atoms with Gasteiger partial charge in [-0.2, -0.15) is 0 Å². The number of nitrogens with one attached hydrogen (secondary N) is 1. The second-order valence-electron chi connectivity index (χ2n) is 4.59. The van der Waals surface area contributed by atoms with Crippen LogP contribution in [0.2, 0.25) is 0 Å². The van der Waals surface area contributed by atoms with Gasteiger partial charge in [0.2, 0.25) is 0 Å². The molecule has 1 fully saturated rings. The minimum absolute atomic E-state index is 0.154. The molecule has 1 aliphatic rings. The number of hydrogen-bond donors (Lipinski definition) is 1. The Morgan fingerprint density at radius 1 is 1.47 bits per heavy atom. The number of rotatable bonds is 2. The van der Waals surface area contributed by atoms with E-state index in [9.17, 15) is 10.1 Å². The zero-order valence-electron chi connectivity index (χ0n) is 10.1. The molecule has 0 aliphatic carbocycles. The van der Waals surface area contributed by atoms with Crippen molar-refractivity contribution in [3.63, 3.8) is 0 Å². The van der Waals surface area contributed by atoms with E-state index in [2.05, 4.69) is 24.1 Å².